The highest BCUT2D eigenvalue weighted by molar-refractivity contribution is 7.89. The fraction of sp³-hybridized carbons (Fsp3) is 0.200. The van der Waals surface area contributed by atoms with Crippen molar-refractivity contribution < 1.29 is 13.2 Å². The van der Waals surface area contributed by atoms with E-state index in [4.69, 9.17) is 9.88 Å². The first-order valence-electron chi connectivity index (χ1n) is 6.41. The summed E-state index contributed by atoms with van der Waals surface area (Å²) in [5.41, 5.74) is 2.43. The second-order valence-electron chi connectivity index (χ2n) is 4.68. The number of methoxy groups -OCH3 is 1. The van der Waals surface area contributed by atoms with Crippen molar-refractivity contribution >= 4 is 15.7 Å². The molecule has 0 saturated carbocycles. The molecular weight excluding hydrogens is 288 g/mol. The number of hydrogen-bond donors (Lipinski definition) is 2. The van der Waals surface area contributed by atoms with Crippen LogP contribution < -0.4 is 15.2 Å². The minimum absolute atomic E-state index is 0.141. The summed E-state index contributed by atoms with van der Waals surface area (Å²) in [4.78, 5) is 0.141. The third-order valence-corrected chi connectivity index (χ3v) is 4.29. The van der Waals surface area contributed by atoms with Gasteiger partial charge >= 0.3 is 0 Å². The number of rotatable bonds is 5. The van der Waals surface area contributed by atoms with Crippen molar-refractivity contribution in [1.29, 1.82) is 0 Å². The van der Waals surface area contributed by atoms with Crippen LogP contribution in [0.3, 0.4) is 0 Å². The highest BCUT2D eigenvalue weighted by atomic mass is 32.2. The molecule has 2 aromatic rings. The highest BCUT2D eigenvalue weighted by Crippen LogP contribution is 2.22. The van der Waals surface area contributed by atoms with Crippen LogP contribution in [0.1, 0.15) is 11.1 Å². The van der Waals surface area contributed by atoms with E-state index in [9.17, 15) is 8.42 Å². The van der Waals surface area contributed by atoms with Gasteiger partial charge < -0.3 is 10.1 Å². The molecule has 5 nitrogen and oxygen atoms in total. The third-order valence-electron chi connectivity index (χ3n) is 3.23. The minimum atomic E-state index is -3.70. The lowest BCUT2D eigenvalue weighted by molar-refractivity contribution is 0.414. The van der Waals surface area contributed by atoms with Crippen LogP contribution >= 0.6 is 0 Å². The Bertz CT molecular complexity index is 725. The van der Waals surface area contributed by atoms with Crippen LogP contribution in [0.2, 0.25) is 0 Å². The van der Waals surface area contributed by atoms with Gasteiger partial charge in [0, 0.05) is 12.2 Å². The minimum Gasteiger partial charge on any atom is -0.497 e. The number of anilines is 1. The van der Waals surface area contributed by atoms with E-state index in [1.807, 2.05) is 30.3 Å². The van der Waals surface area contributed by atoms with Gasteiger partial charge in [-0.25, -0.2) is 13.6 Å². The number of sulfonamides is 1. The zero-order chi connectivity index (χ0) is 15.5. The zero-order valence-electron chi connectivity index (χ0n) is 12.0. The first kappa shape index (κ1) is 15.3. The van der Waals surface area contributed by atoms with Crippen molar-refractivity contribution in [2.45, 2.75) is 18.4 Å². The molecule has 0 unspecified atom stereocenters. The van der Waals surface area contributed by atoms with Gasteiger partial charge in [-0.2, -0.15) is 0 Å². The van der Waals surface area contributed by atoms with Gasteiger partial charge in [-0.3, -0.25) is 0 Å². The molecule has 21 heavy (non-hydrogen) atoms. The second kappa shape index (κ2) is 6.15. The summed E-state index contributed by atoms with van der Waals surface area (Å²) in [6.45, 7) is 2.31. The first-order chi connectivity index (χ1) is 9.91. The summed E-state index contributed by atoms with van der Waals surface area (Å²) in [6, 6.07) is 12.7. The fourth-order valence-electron chi connectivity index (χ4n) is 2.05. The predicted molar refractivity (Wildman–Crippen MR) is 82.9 cm³/mol. The molecule has 0 radical (unpaired) electrons. The Morgan fingerprint density at radius 1 is 1.14 bits per heavy atom. The van der Waals surface area contributed by atoms with Crippen LogP contribution in [0, 0.1) is 6.92 Å². The average molecular weight is 306 g/mol. The average Bonchev–Trinajstić information content (AvgIpc) is 2.45. The monoisotopic (exact) mass is 306 g/mol. The van der Waals surface area contributed by atoms with Crippen molar-refractivity contribution in [2.75, 3.05) is 12.4 Å². The summed E-state index contributed by atoms with van der Waals surface area (Å²) < 4.78 is 28.1. The Kier molecular flexibility index (Phi) is 4.50. The summed E-state index contributed by atoms with van der Waals surface area (Å²) >= 11 is 0. The molecule has 6 heteroatoms. The van der Waals surface area contributed by atoms with Crippen molar-refractivity contribution in [3.8, 4) is 5.75 Å². The van der Waals surface area contributed by atoms with Crippen LogP contribution in [0.15, 0.2) is 47.4 Å². The largest absolute Gasteiger partial charge is 0.497 e. The van der Waals surface area contributed by atoms with Crippen LogP contribution in [0.4, 0.5) is 5.69 Å². The van der Waals surface area contributed by atoms with Crippen molar-refractivity contribution in [1.82, 2.24) is 0 Å². The van der Waals surface area contributed by atoms with Gasteiger partial charge in [0.25, 0.3) is 0 Å². The van der Waals surface area contributed by atoms with E-state index in [-0.39, 0.29) is 4.90 Å². The molecule has 0 fully saturated rings. The Morgan fingerprint density at radius 3 is 2.38 bits per heavy atom. The maximum Gasteiger partial charge on any atom is 0.238 e. The molecule has 3 N–H and O–H groups in total. The molecule has 0 heterocycles. The number of benzene rings is 2. The van der Waals surface area contributed by atoms with Crippen molar-refractivity contribution in [2.24, 2.45) is 5.14 Å². The standard InChI is InChI=1S/C15H18N2O3S/c1-11-14(4-3-5-15(11)21(16,18)19)17-10-12-6-8-13(20-2)9-7-12/h3-9,17H,10H2,1-2H3,(H2,16,18,19). The highest BCUT2D eigenvalue weighted by Gasteiger charge is 2.13. The molecule has 0 saturated heterocycles. The summed E-state index contributed by atoms with van der Waals surface area (Å²) in [5, 5.41) is 8.41. The number of ether oxygens (including phenoxy) is 1. The fourth-order valence-corrected chi connectivity index (χ4v) is 2.86. The maximum absolute atomic E-state index is 11.5. The normalized spacial score (nSPS) is 11.2. The topological polar surface area (TPSA) is 81.4 Å². The van der Waals surface area contributed by atoms with E-state index in [1.165, 1.54) is 6.07 Å². The molecular formula is C15H18N2O3S. The zero-order valence-corrected chi connectivity index (χ0v) is 12.8. The second-order valence-corrected chi connectivity index (χ2v) is 6.21. The van der Waals surface area contributed by atoms with Crippen molar-refractivity contribution in [3.63, 3.8) is 0 Å². The van der Waals surface area contributed by atoms with Gasteiger partial charge in [0.1, 0.15) is 5.75 Å². The molecule has 0 spiro atoms. The molecule has 0 aliphatic rings. The third kappa shape index (κ3) is 3.74. The smallest absolute Gasteiger partial charge is 0.238 e. The summed E-state index contributed by atoms with van der Waals surface area (Å²) in [6.07, 6.45) is 0. The molecule has 0 amide bonds. The first-order valence-corrected chi connectivity index (χ1v) is 7.95. The Hall–Kier alpha value is -2.05. The molecule has 0 atom stereocenters. The Labute approximate surface area is 124 Å². The van der Waals surface area contributed by atoms with Gasteiger partial charge in [0.05, 0.1) is 12.0 Å². The van der Waals surface area contributed by atoms with E-state index in [2.05, 4.69) is 5.32 Å². The number of primary sulfonamides is 1. The van der Waals surface area contributed by atoms with Crippen LogP contribution in [-0.2, 0) is 16.6 Å². The lowest BCUT2D eigenvalue weighted by atomic mass is 10.1. The summed E-state index contributed by atoms with van der Waals surface area (Å²) in [5.74, 6) is 0.797. The number of nitrogens with two attached hydrogens (primary N) is 1. The quantitative estimate of drug-likeness (QED) is 0.888. The van der Waals surface area contributed by atoms with Gasteiger partial charge in [0.2, 0.25) is 10.0 Å². The molecule has 2 rings (SSSR count). The van der Waals surface area contributed by atoms with Crippen LogP contribution in [0.5, 0.6) is 5.75 Å². The van der Waals surface area contributed by atoms with Gasteiger partial charge in [0.15, 0.2) is 0 Å². The Balaban J connectivity index is 2.16. The van der Waals surface area contributed by atoms with Crippen LogP contribution in [-0.4, -0.2) is 15.5 Å². The number of nitrogens with one attached hydrogen (secondary N) is 1. The molecule has 0 aromatic heterocycles. The predicted octanol–water partition coefficient (Wildman–Crippen LogP) is 2.26. The SMILES string of the molecule is COc1ccc(CNc2cccc(S(N)(=O)=O)c2C)cc1. The van der Waals surface area contributed by atoms with E-state index < -0.39 is 10.0 Å². The molecule has 2 aromatic carbocycles. The van der Waals surface area contributed by atoms with Crippen molar-refractivity contribution in [3.05, 3.63) is 53.6 Å². The maximum atomic E-state index is 11.5. The van der Waals surface area contributed by atoms with Gasteiger partial charge in [-0.1, -0.05) is 18.2 Å². The van der Waals surface area contributed by atoms with E-state index in [1.54, 1.807) is 20.1 Å². The van der Waals surface area contributed by atoms with E-state index in [0.29, 0.717) is 12.1 Å². The molecule has 0 aliphatic carbocycles. The lowest BCUT2D eigenvalue weighted by Crippen LogP contribution is -2.14. The van der Waals surface area contributed by atoms with Crippen LogP contribution in [0.25, 0.3) is 0 Å². The molecule has 0 aliphatic heterocycles. The summed E-state index contributed by atoms with van der Waals surface area (Å²) in [7, 11) is -2.08. The molecule has 0 bridgehead atoms. The number of hydrogen-bond acceptors (Lipinski definition) is 4. The van der Waals surface area contributed by atoms with Gasteiger partial charge in [-0.15, -0.1) is 0 Å². The van der Waals surface area contributed by atoms with Gasteiger partial charge in [-0.05, 0) is 42.3 Å². The molecule has 112 valence electrons. The lowest BCUT2D eigenvalue weighted by Gasteiger charge is -2.12. The van der Waals surface area contributed by atoms with E-state index >= 15 is 0 Å². The van der Waals surface area contributed by atoms with E-state index in [0.717, 1.165) is 17.0 Å². The Morgan fingerprint density at radius 2 is 1.81 bits per heavy atom.